The van der Waals surface area contributed by atoms with E-state index in [9.17, 15) is 23.1 Å². The minimum Gasteiger partial charge on any atom is -0.496 e. The first kappa shape index (κ1) is 33.7. The Hall–Kier alpha value is -2.51. The second-order valence-corrected chi connectivity index (χ2v) is 11.3. The molecule has 40 heavy (non-hydrogen) atoms. The lowest BCUT2D eigenvalue weighted by atomic mass is 9.79. The SMILES string of the molecule is CCn1nc(C(=O)NCC2(O)CCC(C)CC2)c(Cl)c1-c1cnc(CCC(C)(C)C(F)(F)F)cc1OC.O=S=O. The Morgan fingerprint density at radius 2 is 1.90 bits per heavy atom. The first-order valence-electron chi connectivity index (χ1n) is 12.9. The summed E-state index contributed by atoms with van der Waals surface area (Å²) >= 11 is 5.89. The number of alkyl halides is 3. The van der Waals surface area contributed by atoms with E-state index in [0.29, 0.717) is 48.0 Å². The fourth-order valence-electron chi connectivity index (χ4n) is 4.42. The number of pyridine rings is 1. The maximum Gasteiger partial charge on any atom is 0.393 e. The molecule has 0 radical (unpaired) electrons. The van der Waals surface area contributed by atoms with Gasteiger partial charge in [-0.15, -0.1) is 0 Å². The Morgan fingerprint density at radius 1 is 1.30 bits per heavy atom. The van der Waals surface area contributed by atoms with Gasteiger partial charge in [0.05, 0.1) is 34.4 Å². The number of rotatable bonds is 9. The molecule has 0 aromatic carbocycles. The van der Waals surface area contributed by atoms with Crippen LogP contribution in [0, 0.1) is 11.3 Å². The number of amides is 1. The zero-order valence-corrected chi connectivity index (χ0v) is 24.8. The average Bonchev–Trinajstić information content (AvgIpc) is 3.23. The molecule has 2 aromatic heterocycles. The second-order valence-electron chi connectivity index (χ2n) is 10.7. The monoisotopic (exact) mass is 608 g/mol. The van der Waals surface area contributed by atoms with E-state index in [0.717, 1.165) is 26.7 Å². The van der Waals surface area contributed by atoms with Crippen molar-refractivity contribution in [3.8, 4) is 17.0 Å². The van der Waals surface area contributed by atoms with Crippen LogP contribution in [0.4, 0.5) is 13.2 Å². The highest BCUT2D eigenvalue weighted by Gasteiger charge is 2.46. The highest BCUT2D eigenvalue weighted by molar-refractivity contribution is 7.51. The molecule has 14 heteroatoms. The van der Waals surface area contributed by atoms with E-state index in [-0.39, 0.29) is 30.1 Å². The summed E-state index contributed by atoms with van der Waals surface area (Å²) in [5, 5.41) is 18.1. The minimum absolute atomic E-state index is 0.0179. The van der Waals surface area contributed by atoms with E-state index in [1.807, 2.05) is 6.92 Å². The van der Waals surface area contributed by atoms with Gasteiger partial charge in [-0.05, 0) is 51.4 Å². The third-order valence-corrected chi connectivity index (χ3v) is 7.72. The Balaban J connectivity index is 0.00000178. The van der Waals surface area contributed by atoms with Crippen LogP contribution in [0.25, 0.3) is 11.3 Å². The second kappa shape index (κ2) is 13.9. The highest BCUT2D eigenvalue weighted by atomic mass is 35.5. The summed E-state index contributed by atoms with van der Waals surface area (Å²) in [6, 6.07) is 1.59. The molecule has 0 unspecified atom stereocenters. The molecule has 0 bridgehead atoms. The van der Waals surface area contributed by atoms with E-state index in [1.54, 1.807) is 10.7 Å². The number of nitrogens with one attached hydrogen (secondary N) is 1. The Labute approximate surface area is 240 Å². The third-order valence-electron chi connectivity index (χ3n) is 7.36. The fourth-order valence-corrected chi connectivity index (χ4v) is 4.74. The molecule has 2 N–H and O–H groups in total. The quantitative estimate of drug-likeness (QED) is 0.404. The van der Waals surface area contributed by atoms with Crippen molar-refractivity contribution < 1.29 is 36.2 Å². The van der Waals surface area contributed by atoms with Gasteiger partial charge < -0.3 is 15.2 Å². The van der Waals surface area contributed by atoms with Crippen molar-refractivity contribution in [1.29, 1.82) is 0 Å². The van der Waals surface area contributed by atoms with E-state index in [4.69, 9.17) is 24.8 Å². The van der Waals surface area contributed by atoms with Gasteiger partial charge in [-0.3, -0.25) is 14.5 Å². The largest absolute Gasteiger partial charge is 0.496 e. The van der Waals surface area contributed by atoms with Crippen molar-refractivity contribution in [3.63, 3.8) is 0 Å². The van der Waals surface area contributed by atoms with Gasteiger partial charge in [0.25, 0.3) is 5.91 Å². The number of hydrogen-bond donors (Lipinski definition) is 2. The number of aryl methyl sites for hydroxylation is 2. The van der Waals surface area contributed by atoms with Gasteiger partial charge in [0.1, 0.15) is 5.75 Å². The van der Waals surface area contributed by atoms with E-state index >= 15 is 0 Å². The van der Waals surface area contributed by atoms with Crippen LogP contribution in [0.1, 0.15) is 76.0 Å². The maximum atomic E-state index is 13.2. The van der Waals surface area contributed by atoms with Crippen molar-refractivity contribution >= 4 is 29.1 Å². The minimum atomic E-state index is -4.32. The van der Waals surface area contributed by atoms with E-state index in [2.05, 4.69) is 22.3 Å². The van der Waals surface area contributed by atoms with Gasteiger partial charge in [0, 0.05) is 31.0 Å². The maximum absolute atomic E-state index is 13.2. The van der Waals surface area contributed by atoms with Crippen LogP contribution in [0.5, 0.6) is 5.75 Å². The zero-order valence-electron chi connectivity index (χ0n) is 23.2. The highest BCUT2D eigenvalue weighted by Crippen LogP contribution is 2.42. The van der Waals surface area contributed by atoms with Crippen molar-refractivity contribution in [1.82, 2.24) is 20.1 Å². The van der Waals surface area contributed by atoms with Gasteiger partial charge >= 0.3 is 17.7 Å². The number of nitrogens with zero attached hydrogens (tertiary/aromatic N) is 3. The number of aromatic nitrogens is 3. The standard InChI is InChI=1S/C26H36ClF3N4O3.O2S/c1-6-34-22(18-14-31-17(13-19(18)37-5)9-10-24(3,4)26(28,29)30)20(27)21(33-34)23(35)32-15-25(36)11-7-16(2)8-12-25;1-3-2/h13-14,16,36H,6-12,15H2,1-5H3,(H,32,35);. The first-order chi connectivity index (χ1) is 18.6. The molecule has 1 amide bonds. The van der Waals surface area contributed by atoms with Crippen molar-refractivity contribution in [2.24, 2.45) is 11.3 Å². The summed E-state index contributed by atoms with van der Waals surface area (Å²) in [7, 11) is 1.45. The molecule has 3 rings (SSSR count). The summed E-state index contributed by atoms with van der Waals surface area (Å²) in [5.41, 5.74) is -1.44. The summed E-state index contributed by atoms with van der Waals surface area (Å²) in [4.78, 5) is 17.3. The molecular weight excluding hydrogens is 573 g/mol. The Kier molecular flexibility index (Phi) is 11.7. The summed E-state index contributed by atoms with van der Waals surface area (Å²) < 4.78 is 63.4. The van der Waals surface area contributed by atoms with Gasteiger partial charge in [0.15, 0.2) is 5.69 Å². The van der Waals surface area contributed by atoms with Crippen LogP contribution in [0.2, 0.25) is 5.02 Å². The molecular formula is C26H36ClF3N4O5S. The predicted molar refractivity (Wildman–Crippen MR) is 145 cm³/mol. The van der Waals surface area contributed by atoms with Gasteiger partial charge in [-0.2, -0.15) is 26.7 Å². The van der Waals surface area contributed by atoms with Gasteiger partial charge in [0.2, 0.25) is 0 Å². The molecule has 1 aliphatic rings. The van der Waals surface area contributed by atoms with Crippen LogP contribution in [0.15, 0.2) is 12.3 Å². The zero-order chi connectivity index (χ0) is 30.3. The molecule has 1 fully saturated rings. The molecule has 0 saturated heterocycles. The van der Waals surface area contributed by atoms with Crippen LogP contribution < -0.4 is 10.1 Å². The summed E-state index contributed by atoms with van der Waals surface area (Å²) in [5.74, 6) is 0.423. The molecule has 9 nitrogen and oxygen atoms in total. The number of halogens is 4. The Bertz CT molecular complexity index is 1210. The van der Waals surface area contributed by atoms with Crippen LogP contribution in [-0.4, -0.2) is 59.6 Å². The smallest absolute Gasteiger partial charge is 0.393 e. The van der Waals surface area contributed by atoms with E-state index < -0.39 is 34.7 Å². The molecule has 224 valence electrons. The van der Waals surface area contributed by atoms with Crippen LogP contribution in [-0.2, 0) is 24.5 Å². The lowest BCUT2D eigenvalue weighted by Crippen LogP contribution is -2.45. The fraction of sp³-hybridized carbons (Fsp3) is 0.654. The Morgan fingerprint density at radius 3 is 2.42 bits per heavy atom. The van der Waals surface area contributed by atoms with Crippen molar-refractivity contribution in [2.75, 3.05) is 13.7 Å². The summed E-state index contributed by atoms with van der Waals surface area (Å²) in [6.45, 7) is 6.83. The first-order valence-corrected chi connectivity index (χ1v) is 14.0. The van der Waals surface area contributed by atoms with Crippen LogP contribution in [0.3, 0.4) is 0 Å². The molecule has 0 spiro atoms. The van der Waals surface area contributed by atoms with Crippen molar-refractivity contribution in [3.05, 3.63) is 28.7 Å². The van der Waals surface area contributed by atoms with Gasteiger partial charge in [-0.1, -0.05) is 32.4 Å². The normalized spacial score (nSPS) is 19.4. The van der Waals surface area contributed by atoms with Crippen molar-refractivity contribution in [2.45, 2.75) is 84.5 Å². The predicted octanol–water partition coefficient (Wildman–Crippen LogP) is 5.15. The lowest BCUT2D eigenvalue weighted by Gasteiger charge is -2.34. The molecule has 1 aliphatic carbocycles. The molecule has 2 aromatic rings. The lowest BCUT2D eigenvalue weighted by molar-refractivity contribution is -0.213. The number of carbonyl (C=O) groups excluding carboxylic acids is 1. The average molecular weight is 609 g/mol. The van der Waals surface area contributed by atoms with Crippen LogP contribution >= 0.6 is 11.6 Å². The number of ether oxygens (including phenoxy) is 1. The van der Waals surface area contributed by atoms with E-state index in [1.165, 1.54) is 13.3 Å². The van der Waals surface area contributed by atoms with Gasteiger partial charge in [-0.25, -0.2) is 0 Å². The molecule has 0 aliphatic heterocycles. The number of carbonyl (C=O) groups is 1. The topological polar surface area (TPSA) is 123 Å². The number of aliphatic hydroxyl groups is 1. The molecule has 0 atom stereocenters. The summed E-state index contributed by atoms with van der Waals surface area (Å²) in [6.07, 6.45) is 0.182. The number of hydrogen-bond acceptors (Lipinski definition) is 7. The molecule has 2 heterocycles. The number of methoxy groups -OCH3 is 1. The molecule has 1 saturated carbocycles. The third kappa shape index (κ3) is 8.26.